The summed E-state index contributed by atoms with van der Waals surface area (Å²) in [4.78, 5) is 4.61. The van der Waals surface area contributed by atoms with Gasteiger partial charge < -0.3 is 0 Å². The van der Waals surface area contributed by atoms with Crippen molar-refractivity contribution in [1.29, 1.82) is 0 Å². The van der Waals surface area contributed by atoms with Gasteiger partial charge in [0.2, 0.25) is 0 Å². The molecule has 1 fully saturated rings. The first-order valence-electron chi connectivity index (χ1n) is 6.52. The molecule has 3 heteroatoms. The van der Waals surface area contributed by atoms with E-state index in [9.17, 15) is 0 Å². The molecule has 3 atom stereocenters. The van der Waals surface area contributed by atoms with Gasteiger partial charge in [0.25, 0.3) is 0 Å². The lowest BCUT2D eigenvalue weighted by Crippen LogP contribution is -2.23. The van der Waals surface area contributed by atoms with Crippen molar-refractivity contribution in [1.82, 2.24) is 9.36 Å². The fraction of sp³-hybridized carbons (Fsp3) is 0.846. The van der Waals surface area contributed by atoms with Crippen LogP contribution in [-0.4, -0.2) is 9.36 Å². The Balaban J connectivity index is 2.16. The van der Waals surface area contributed by atoms with Crippen LogP contribution in [0.15, 0.2) is 0 Å². The third-order valence-corrected chi connectivity index (χ3v) is 4.99. The molecule has 1 aromatic rings. The smallest absolute Gasteiger partial charge is 0.139 e. The Kier molecular flexibility index (Phi) is 3.95. The van der Waals surface area contributed by atoms with Crippen molar-refractivity contribution in [3.8, 4) is 0 Å². The molecular formula is C13H22N2S. The minimum Gasteiger partial charge on any atom is -0.225 e. The number of nitrogens with zero attached hydrogens (tertiary/aromatic N) is 2. The van der Waals surface area contributed by atoms with Gasteiger partial charge >= 0.3 is 0 Å². The molecule has 0 bridgehead atoms. The van der Waals surface area contributed by atoms with E-state index in [1.165, 1.54) is 37.1 Å². The van der Waals surface area contributed by atoms with Crippen LogP contribution in [-0.2, 0) is 0 Å². The summed E-state index contributed by atoms with van der Waals surface area (Å²) >= 11 is 1.63. The lowest BCUT2D eigenvalue weighted by molar-refractivity contribution is 0.220. The molecule has 0 aliphatic heterocycles. The van der Waals surface area contributed by atoms with Crippen LogP contribution >= 0.6 is 11.5 Å². The van der Waals surface area contributed by atoms with E-state index >= 15 is 0 Å². The molecule has 1 saturated carbocycles. The molecule has 90 valence electrons. The van der Waals surface area contributed by atoms with E-state index in [4.69, 9.17) is 0 Å². The maximum atomic E-state index is 4.61. The quantitative estimate of drug-likeness (QED) is 0.790. The highest BCUT2D eigenvalue weighted by Crippen LogP contribution is 2.42. The van der Waals surface area contributed by atoms with E-state index in [2.05, 4.69) is 23.2 Å². The van der Waals surface area contributed by atoms with E-state index in [0.717, 1.165) is 17.7 Å². The van der Waals surface area contributed by atoms with E-state index in [1.807, 2.05) is 6.92 Å². The zero-order valence-corrected chi connectivity index (χ0v) is 11.4. The third kappa shape index (κ3) is 2.45. The standard InChI is InChI=1S/C13H22N2S/c1-4-9(2)11-7-5-6-8-12(11)13-14-10(3)15-16-13/h9,11-12H,4-8H2,1-3H3/t9-,11-,12?/m0/s1. The predicted molar refractivity (Wildman–Crippen MR) is 68.8 cm³/mol. The van der Waals surface area contributed by atoms with Crippen molar-refractivity contribution >= 4 is 11.5 Å². The highest BCUT2D eigenvalue weighted by molar-refractivity contribution is 7.05. The van der Waals surface area contributed by atoms with Gasteiger partial charge in [-0.1, -0.05) is 33.1 Å². The molecule has 0 amide bonds. The number of hydrogen-bond acceptors (Lipinski definition) is 3. The molecule has 1 aliphatic rings. The summed E-state index contributed by atoms with van der Waals surface area (Å²) in [6.45, 7) is 6.71. The summed E-state index contributed by atoms with van der Waals surface area (Å²) in [5, 5.41) is 1.29. The second-order valence-corrected chi connectivity index (χ2v) is 5.90. The summed E-state index contributed by atoms with van der Waals surface area (Å²) in [6.07, 6.45) is 6.78. The minimum absolute atomic E-state index is 0.690. The summed E-state index contributed by atoms with van der Waals surface area (Å²) < 4.78 is 4.34. The van der Waals surface area contributed by atoms with Crippen LogP contribution in [0.4, 0.5) is 0 Å². The fourth-order valence-corrected chi connectivity index (χ4v) is 3.78. The minimum atomic E-state index is 0.690. The Morgan fingerprint density at radius 1 is 1.38 bits per heavy atom. The topological polar surface area (TPSA) is 25.8 Å². The van der Waals surface area contributed by atoms with Gasteiger partial charge in [-0.15, -0.1) is 0 Å². The van der Waals surface area contributed by atoms with Gasteiger partial charge in [0.05, 0.1) is 0 Å². The summed E-state index contributed by atoms with van der Waals surface area (Å²) in [5.41, 5.74) is 0. The first-order chi connectivity index (χ1) is 7.72. The molecule has 0 saturated heterocycles. The van der Waals surface area contributed by atoms with Crippen LogP contribution in [0, 0.1) is 18.8 Å². The molecule has 0 N–H and O–H groups in total. The summed E-state index contributed by atoms with van der Waals surface area (Å²) in [6, 6.07) is 0. The van der Waals surface area contributed by atoms with Gasteiger partial charge in [0.1, 0.15) is 10.8 Å². The zero-order valence-electron chi connectivity index (χ0n) is 10.6. The van der Waals surface area contributed by atoms with E-state index in [-0.39, 0.29) is 0 Å². The van der Waals surface area contributed by atoms with Gasteiger partial charge in [-0.25, -0.2) is 4.98 Å². The molecule has 1 heterocycles. The van der Waals surface area contributed by atoms with Crippen LogP contribution in [0.1, 0.15) is 62.7 Å². The molecule has 0 radical (unpaired) electrons. The van der Waals surface area contributed by atoms with Crippen LogP contribution in [0.25, 0.3) is 0 Å². The van der Waals surface area contributed by atoms with Crippen molar-refractivity contribution in [2.45, 2.75) is 58.8 Å². The average molecular weight is 238 g/mol. The van der Waals surface area contributed by atoms with Crippen LogP contribution < -0.4 is 0 Å². The van der Waals surface area contributed by atoms with Gasteiger partial charge in [-0.05, 0) is 43.1 Å². The maximum Gasteiger partial charge on any atom is 0.139 e. The van der Waals surface area contributed by atoms with Gasteiger partial charge in [0.15, 0.2) is 0 Å². The SMILES string of the molecule is CC[C@H](C)[C@@H]1CCCCC1c1nc(C)ns1. The Labute approximate surface area is 103 Å². The average Bonchev–Trinajstić information content (AvgIpc) is 2.75. The largest absolute Gasteiger partial charge is 0.225 e. The molecule has 1 aromatic heterocycles. The summed E-state index contributed by atoms with van der Waals surface area (Å²) in [5.74, 6) is 3.31. The summed E-state index contributed by atoms with van der Waals surface area (Å²) in [7, 11) is 0. The number of aryl methyl sites for hydroxylation is 1. The van der Waals surface area contributed by atoms with Crippen molar-refractivity contribution in [3.05, 3.63) is 10.8 Å². The van der Waals surface area contributed by atoms with E-state index < -0.39 is 0 Å². The lowest BCUT2D eigenvalue weighted by atomic mass is 9.72. The van der Waals surface area contributed by atoms with E-state index in [0.29, 0.717) is 5.92 Å². The monoisotopic (exact) mass is 238 g/mol. The highest BCUT2D eigenvalue weighted by Gasteiger charge is 2.31. The fourth-order valence-electron chi connectivity index (χ4n) is 2.91. The number of aromatic nitrogens is 2. The lowest BCUT2D eigenvalue weighted by Gasteiger charge is -2.34. The van der Waals surface area contributed by atoms with Crippen LogP contribution in [0.2, 0.25) is 0 Å². The van der Waals surface area contributed by atoms with Crippen molar-refractivity contribution in [2.24, 2.45) is 11.8 Å². The first-order valence-corrected chi connectivity index (χ1v) is 7.30. The Bertz CT molecular complexity index is 334. The van der Waals surface area contributed by atoms with Crippen molar-refractivity contribution in [2.75, 3.05) is 0 Å². The van der Waals surface area contributed by atoms with Gasteiger partial charge in [-0.3, -0.25) is 0 Å². The molecule has 1 unspecified atom stereocenters. The zero-order chi connectivity index (χ0) is 11.5. The second-order valence-electron chi connectivity index (χ2n) is 5.12. The molecule has 2 rings (SSSR count). The molecule has 1 aliphatic carbocycles. The van der Waals surface area contributed by atoms with Crippen molar-refractivity contribution in [3.63, 3.8) is 0 Å². The normalized spacial score (nSPS) is 27.9. The molecular weight excluding hydrogens is 216 g/mol. The molecule has 0 aromatic carbocycles. The van der Waals surface area contributed by atoms with Gasteiger partial charge in [-0.2, -0.15) is 4.37 Å². The predicted octanol–water partition coefficient (Wildman–Crippen LogP) is 4.17. The second kappa shape index (κ2) is 5.26. The Morgan fingerprint density at radius 2 is 2.12 bits per heavy atom. The molecule has 16 heavy (non-hydrogen) atoms. The molecule has 0 spiro atoms. The Morgan fingerprint density at radius 3 is 2.75 bits per heavy atom. The van der Waals surface area contributed by atoms with Crippen molar-refractivity contribution < 1.29 is 0 Å². The van der Waals surface area contributed by atoms with Gasteiger partial charge in [0, 0.05) is 5.92 Å². The Hall–Kier alpha value is -0.440. The van der Waals surface area contributed by atoms with Crippen LogP contribution in [0.3, 0.4) is 0 Å². The van der Waals surface area contributed by atoms with E-state index in [1.54, 1.807) is 11.5 Å². The number of rotatable bonds is 3. The maximum absolute atomic E-state index is 4.61. The number of hydrogen-bond donors (Lipinski definition) is 0. The first kappa shape index (κ1) is 12.0. The highest BCUT2D eigenvalue weighted by atomic mass is 32.1. The van der Waals surface area contributed by atoms with Crippen LogP contribution in [0.5, 0.6) is 0 Å². The molecule has 2 nitrogen and oxygen atoms in total. The third-order valence-electron chi connectivity index (χ3n) is 4.05.